The summed E-state index contributed by atoms with van der Waals surface area (Å²) in [6, 6.07) is 26.4. The summed E-state index contributed by atoms with van der Waals surface area (Å²) < 4.78 is 0. The first-order valence-corrected chi connectivity index (χ1v) is 9.74. The maximum Gasteiger partial charge on any atom is 0.251 e. The van der Waals surface area contributed by atoms with Crippen molar-refractivity contribution in [2.45, 2.75) is 30.5 Å². The molecular formula is C23H23NOS. The van der Waals surface area contributed by atoms with Gasteiger partial charge in [-0.1, -0.05) is 60.2 Å². The number of aryl methyl sites for hydroxylation is 1. The number of hydrogen-bond donors (Lipinski definition) is 1. The van der Waals surface area contributed by atoms with Crippen LogP contribution >= 0.6 is 11.8 Å². The topological polar surface area (TPSA) is 29.1 Å². The van der Waals surface area contributed by atoms with E-state index in [0.29, 0.717) is 5.56 Å². The fraction of sp³-hybridized carbons (Fsp3) is 0.174. The Bertz CT molecular complexity index is 842. The number of benzene rings is 3. The largest absolute Gasteiger partial charge is 0.346 e. The third-order valence-corrected chi connectivity index (χ3v) is 5.37. The van der Waals surface area contributed by atoms with Crippen molar-refractivity contribution in [3.63, 3.8) is 0 Å². The molecule has 3 aromatic carbocycles. The summed E-state index contributed by atoms with van der Waals surface area (Å²) in [5.74, 6) is 0.853. The van der Waals surface area contributed by atoms with Crippen LogP contribution in [0.2, 0.25) is 0 Å². The number of amides is 1. The van der Waals surface area contributed by atoms with Crippen molar-refractivity contribution in [1.82, 2.24) is 5.32 Å². The summed E-state index contributed by atoms with van der Waals surface area (Å²) in [5, 5.41) is 3.07. The molecule has 1 N–H and O–H groups in total. The molecule has 3 heteroatoms. The lowest BCUT2D eigenvalue weighted by Gasteiger charge is -2.15. The van der Waals surface area contributed by atoms with Crippen LogP contribution < -0.4 is 5.32 Å². The van der Waals surface area contributed by atoms with Gasteiger partial charge in [0.1, 0.15) is 0 Å². The van der Waals surface area contributed by atoms with E-state index in [9.17, 15) is 4.79 Å². The molecule has 2 nitrogen and oxygen atoms in total. The van der Waals surface area contributed by atoms with E-state index in [2.05, 4.69) is 48.6 Å². The SMILES string of the molecule is Cc1ccc(C(C)NC(=O)c2ccc(CSc3ccccc3)cc2)cc1. The van der Waals surface area contributed by atoms with E-state index in [4.69, 9.17) is 0 Å². The minimum Gasteiger partial charge on any atom is -0.346 e. The second-order valence-corrected chi connectivity index (χ2v) is 7.45. The molecule has 1 unspecified atom stereocenters. The highest BCUT2D eigenvalue weighted by molar-refractivity contribution is 7.98. The number of rotatable bonds is 6. The van der Waals surface area contributed by atoms with E-state index in [1.807, 2.05) is 49.4 Å². The molecule has 3 aromatic rings. The molecule has 0 bridgehead atoms. The average molecular weight is 362 g/mol. The molecule has 1 atom stereocenters. The molecule has 0 spiro atoms. The third kappa shape index (κ3) is 4.99. The molecule has 0 heterocycles. The first-order valence-electron chi connectivity index (χ1n) is 8.76. The zero-order valence-electron chi connectivity index (χ0n) is 15.1. The lowest BCUT2D eigenvalue weighted by Crippen LogP contribution is -2.26. The Hall–Kier alpha value is -2.52. The lowest BCUT2D eigenvalue weighted by atomic mass is 10.1. The summed E-state index contributed by atoms with van der Waals surface area (Å²) in [7, 11) is 0. The average Bonchev–Trinajstić information content (AvgIpc) is 2.68. The number of carbonyl (C=O) groups excluding carboxylic acids is 1. The van der Waals surface area contributed by atoms with Crippen molar-refractivity contribution in [1.29, 1.82) is 0 Å². The molecule has 0 aromatic heterocycles. The molecule has 0 saturated carbocycles. The lowest BCUT2D eigenvalue weighted by molar-refractivity contribution is 0.0940. The van der Waals surface area contributed by atoms with Crippen LogP contribution in [0.1, 0.15) is 40.0 Å². The van der Waals surface area contributed by atoms with E-state index in [1.165, 1.54) is 16.0 Å². The fourth-order valence-corrected chi connectivity index (χ4v) is 3.53. The number of nitrogens with one attached hydrogen (secondary N) is 1. The monoisotopic (exact) mass is 361 g/mol. The minimum absolute atomic E-state index is 0.0172. The number of carbonyl (C=O) groups is 1. The van der Waals surface area contributed by atoms with Crippen molar-refractivity contribution in [3.05, 3.63) is 101 Å². The van der Waals surface area contributed by atoms with Crippen molar-refractivity contribution >= 4 is 17.7 Å². The second-order valence-electron chi connectivity index (χ2n) is 6.40. The summed E-state index contributed by atoms with van der Waals surface area (Å²) in [6.45, 7) is 4.07. The maximum atomic E-state index is 12.5. The standard InChI is InChI=1S/C23H23NOS/c1-17-8-12-20(13-9-17)18(2)24-23(25)21-14-10-19(11-15-21)16-26-22-6-4-3-5-7-22/h3-15,18H,16H2,1-2H3,(H,24,25). The Morgan fingerprint density at radius 1 is 0.923 bits per heavy atom. The fourth-order valence-electron chi connectivity index (χ4n) is 2.65. The number of thioether (sulfide) groups is 1. The van der Waals surface area contributed by atoms with Crippen LogP contribution in [0, 0.1) is 6.92 Å². The summed E-state index contributed by atoms with van der Waals surface area (Å²) >= 11 is 1.80. The Morgan fingerprint density at radius 2 is 1.58 bits per heavy atom. The first-order chi connectivity index (χ1) is 12.6. The van der Waals surface area contributed by atoms with Crippen LogP contribution in [0.15, 0.2) is 83.8 Å². The Kier molecular flexibility index (Phi) is 6.13. The molecule has 3 rings (SSSR count). The van der Waals surface area contributed by atoms with E-state index in [-0.39, 0.29) is 11.9 Å². The first kappa shape index (κ1) is 18.3. The molecule has 0 fully saturated rings. The highest BCUT2D eigenvalue weighted by atomic mass is 32.2. The molecule has 26 heavy (non-hydrogen) atoms. The third-order valence-electron chi connectivity index (χ3n) is 4.29. The van der Waals surface area contributed by atoms with Gasteiger partial charge in [-0.05, 0) is 49.2 Å². The molecule has 132 valence electrons. The van der Waals surface area contributed by atoms with Gasteiger partial charge in [-0.15, -0.1) is 11.8 Å². The Morgan fingerprint density at radius 3 is 2.23 bits per heavy atom. The summed E-state index contributed by atoms with van der Waals surface area (Å²) in [5.41, 5.74) is 4.23. The van der Waals surface area contributed by atoms with E-state index >= 15 is 0 Å². The Balaban J connectivity index is 1.57. The van der Waals surface area contributed by atoms with Crippen LogP contribution in [0.25, 0.3) is 0 Å². The van der Waals surface area contributed by atoms with Gasteiger partial charge in [0, 0.05) is 16.2 Å². The predicted octanol–water partition coefficient (Wildman–Crippen LogP) is 5.78. The molecule has 0 saturated heterocycles. The molecule has 0 radical (unpaired) electrons. The van der Waals surface area contributed by atoms with Crippen molar-refractivity contribution in [2.24, 2.45) is 0 Å². The van der Waals surface area contributed by atoms with Crippen LogP contribution in [-0.2, 0) is 5.75 Å². The summed E-state index contributed by atoms with van der Waals surface area (Å²) in [6.07, 6.45) is 0. The van der Waals surface area contributed by atoms with Gasteiger partial charge >= 0.3 is 0 Å². The van der Waals surface area contributed by atoms with E-state index in [0.717, 1.165) is 11.3 Å². The predicted molar refractivity (Wildman–Crippen MR) is 110 cm³/mol. The van der Waals surface area contributed by atoms with Gasteiger partial charge in [-0.2, -0.15) is 0 Å². The number of hydrogen-bond acceptors (Lipinski definition) is 2. The highest BCUT2D eigenvalue weighted by Crippen LogP contribution is 2.22. The second kappa shape index (κ2) is 8.72. The quantitative estimate of drug-likeness (QED) is 0.564. The molecule has 0 aliphatic heterocycles. The van der Waals surface area contributed by atoms with Gasteiger partial charge < -0.3 is 5.32 Å². The molecular weight excluding hydrogens is 338 g/mol. The van der Waals surface area contributed by atoms with Crippen molar-refractivity contribution in [2.75, 3.05) is 0 Å². The molecule has 1 amide bonds. The van der Waals surface area contributed by atoms with Gasteiger partial charge in [-0.25, -0.2) is 0 Å². The van der Waals surface area contributed by atoms with Gasteiger partial charge in [0.2, 0.25) is 0 Å². The van der Waals surface area contributed by atoms with Crippen molar-refractivity contribution in [3.8, 4) is 0 Å². The van der Waals surface area contributed by atoms with Crippen LogP contribution in [0.4, 0.5) is 0 Å². The zero-order chi connectivity index (χ0) is 18.4. The van der Waals surface area contributed by atoms with Gasteiger partial charge in [0.15, 0.2) is 0 Å². The summed E-state index contributed by atoms with van der Waals surface area (Å²) in [4.78, 5) is 13.7. The molecule has 0 aliphatic rings. The van der Waals surface area contributed by atoms with Crippen molar-refractivity contribution < 1.29 is 4.79 Å². The Labute approximate surface area is 159 Å². The van der Waals surface area contributed by atoms with Gasteiger partial charge in [-0.3, -0.25) is 4.79 Å². The smallest absolute Gasteiger partial charge is 0.251 e. The van der Waals surface area contributed by atoms with Crippen LogP contribution in [0.5, 0.6) is 0 Å². The van der Waals surface area contributed by atoms with Crippen LogP contribution in [0.3, 0.4) is 0 Å². The normalized spacial score (nSPS) is 11.8. The van der Waals surface area contributed by atoms with E-state index in [1.54, 1.807) is 11.8 Å². The maximum absolute atomic E-state index is 12.5. The zero-order valence-corrected chi connectivity index (χ0v) is 15.9. The minimum atomic E-state index is -0.0414. The van der Waals surface area contributed by atoms with E-state index < -0.39 is 0 Å². The highest BCUT2D eigenvalue weighted by Gasteiger charge is 2.11. The van der Waals surface area contributed by atoms with Gasteiger partial charge in [0.25, 0.3) is 5.91 Å². The molecule has 0 aliphatic carbocycles. The van der Waals surface area contributed by atoms with Gasteiger partial charge in [0.05, 0.1) is 6.04 Å². The van der Waals surface area contributed by atoms with Crippen LogP contribution in [-0.4, -0.2) is 5.91 Å².